The Morgan fingerprint density at radius 2 is 1.78 bits per heavy atom. The van der Waals surface area contributed by atoms with Crippen molar-refractivity contribution in [3.05, 3.63) is 113 Å². The molecule has 0 unspecified atom stereocenters. The third kappa shape index (κ3) is 6.52. The first-order chi connectivity index (χ1) is 17.5. The minimum Gasteiger partial charge on any atom is -0.493 e. The third-order valence-corrected chi connectivity index (χ3v) is 5.18. The molecule has 182 valence electrons. The largest absolute Gasteiger partial charge is 0.493 e. The number of amides is 1. The molecule has 0 spiro atoms. The Kier molecular flexibility index (Phi) is 8.00. The van der Waals surface area contributed by atoms with Crippen LogP contribution < -0.4 is 19.6 Å². The molecule has 4 aromatic rings. The van der Waals surface area contributed by atoms with Crippen molar-refractivity contribution in [2.24, 2.45) is 5.10 Å². The molecule has 1 N–H and O–H groups in total. The van der Waals surface area contributed by atoms with E-state index < -0.39 is 5.97 Å². The average molecular weight is 505 g/mol. The van der Waals surface area contributed by atoms with Crippen molar-refractivity contribution in [1.29, 1.82) is 0 Å². The van der Waals surface area contributed by atoms with Crippen LogP contribution in [-0.2, 0) is 6.61 Å². The maximum atomic E-state index is 12.4. The summed E-state index contributed by atoms with van der Waals surface area (Å²) in [6.45, 7) is 0.386. The minimum absolute atomic E-state index is 0.0755. The SMILES string of the molecule is COc1cc(/C=N\NC(=O)c2ccc(OCc3ccc(Cl)cc3)cc2)ccc1OC(=O)c1ccco1. The molecule has 0 radical (unpaired) electrons. The fraction of sp³-hybridized carbons (Fsp3) is 0.0741. The molecule has 1 amide bonds. The molecule has 0 bridgehead atoms. The van der Waals surface area contributed by atoms with Crippen LogP contribution in [0, 0.1) is 0 Å². The number of halogens is 1. The van der Waals surface area contributed by atoms with Gasteiger partial charge in [0.25, 0.3) is 5.91 Å². The quantitative estimate of drug-likeness (QED) is 0.140. The highest BCUT2D eigenvalue weighted by molar-refractivity contribution is 6.30. The summed E-state index contributed by atoms with van der Waals surface area (Å²) < 4.78 is 21.4. The van der Waals surface area contributed by atoms with Gasteiger partial charge >= 0.3 is 5.97 Å². The average Bonchev–Trinajstić information content (AvgIpc) is 3.45. The maximum absolute atomic E-state index is 12.4. The van der Waals surface area contributed by atoms with E-state index in [0.29, 0.717) is 34.3 Å². The minimum atomic E-state index is -0.645. The summed E-state index contributed by atoms with van der Waals surface area (Å²) in [4.78, 5) is 24.5. The number of furan rings is 1. The Morgan fingerprint density at radius 1 is 1.00 bits per heavy atom. The van der Waals surface area contributed by atoms with E-state index in [0.717, 1.165) is 5.56 Å². The van der Waals surface area contributed by atoms with Crippen LogP contribution in [0.2, 0.25) is 5.02 Å². The van der Waals surface area contributed by atoms with E-state index in [-0.39, 0.29) is 17.4 Å². The molecule has 0 atom stereocenters. The predicted octanol–water partition coefficient (Wildman–Crippen LogP) is 5.50. The van der Waals surface area contributed by atoms with E-state index in [1.54, 1.807) is 60.7 Å². The van der Waals surface area contributed by atoms with Crippen molar-refractivity contribution >= 4 is 29.7 Å². The van der Waals surface area contributed by atoms with Gasteiger partial charge in [0, 0.05) is 10.6 Å². The van der Waals surface area contributed by atoms with Crippen LogP contribution in [0.5, 0.6) is 17.2 Å². The number of rotatable bonds is 9. The van der Waals surface area contributed by atoms with Crippen LogP contribution in [0.1, 0.15) is 32.0 Å². The number of benzene rings is 3. The number of methoxy groups -OCH3 is 1. The van der Waals surface area contributed by atoms with Gasteiger partial charge in [0.2, 0.25) is 5.76 Å². The van der Waals surface area contributed by atoms with Gasteiger partial charge in [0.05, 0.1) is 19.6 Å². The number of esters is 1. The molecule has 8 nitrogen and oxygen atoms in total. The lowest BCUT2D eigenvalue weighted by Gasteiger charge is -2.09. The molecule has 0 saturated carbocycles. The number of hydrazone groups is 1. The highest BCUT2D eigenvalue weighted by atomic mass is 35.5. The number of nitrogens with zero attached hydrogens (tertiary/aromatic N) is 1. The first-order valence-corrected chi connectivity index (χ1v) is 11.1. The summed E-state index contributed by atoms with van der Waals surface area (Å²) in [6, 6.07) is 22.0. The summed E-state index contributed by atoms with van der Waals surface area (Å²) in [6.07, 6.45) is 2.83. The Morgan fingerprint density at radius 3 is 2.47 bits per heavy atom. The monoisotopic (exact) mass is 504 g/mol. The Balaban J connectivity index is 1.31. The zero-order valence-electron chi connectivity index (χ0n) is 19.1. The van der Waals surface area contributed by atoms with Crippen LogP contribution in [0.25, 0.3) is 0 Å². The summed E-state index contributed by atoms with van der Waals surface area (Å²) in [5, 5.41) is 4.65. The molecule has 4 rings (SSSR count). The molecular weight excluding hydrogens is 484 g/mol. The Labute approximate surface area is 212 Å². The van der Waals surface area contributed by atoms with Gasteiger partial charge in [0.1, 0.15) is 12.4 Å². The second kappa shape index (κ2) is 11.7. The van der Waals surface area contributed by atoms with Gasteiger partial charge in [-0.1, -0.05) is 23.7 Å². The number of ether oxygens (including phenoxy) is 3. The van der Waals surface area contributed by atoms with Crippen LogP contribution in [0.3, 0.4) is 0 Å². The lowest BCUT2D eigenvalue weighted by atomic mass is 10.2. The predicted molar refractivity (Wildman–Crippen MR) is 134 cm³/mol. The van der Waals surface area contributed by atoms with Gasteiger partial charge in [-0.25, -0.2) is 10.2 Å². The van der Waals surface area contributed by atoms with Crippen LogP contribution in [-0.4, -0.2) is 25.2 Å². The fourth-order valence-electron chi connectivity index (χ4n) is 3.07. The smallest absolute Gasteiger partial charge is 0.379 e. The van der Waals surface area contributed by atoms with E-state index in [2.05, 4.69) is 10.5 Å². The van der Waals surface area contributed by atoms with Crippen molar-refractivity contribution in [2.45, 2.75) is 6.61 Å². The van der Waals surface area contributed by atoms with E-state index >= 15 is 0 Å². The Bertz CT molecular complexity index is 1350. The van der Waals surface area contributed by atoms with Gasteiger partial charge in [-0.3, -0.25) is 4.79 Å². The molecule has 0 aliphatic heterocycles. The first-order valence-electron chi connectivity index (χ1n) is 10.8. The molecule has 0 fully saturated rings. The zero-order valence-corrected chi connectivity index (χ0v) is 19.9. The first kappa shape index (κ1) is 24.6. The van der Waals surface area contributed by atoms with Crippen molar-refractivity contribution in [1.82, 2.24) is 5.43 Å². The lowest BCUT2D eigenvalue weighted by molar-refractivity contribution is 0.0696. The topological polar surface area (TPSA) is 99.4 Å². The molecular formula is C27H21ClN2O6. The highest BCUT2D eigenvalue weighted by Gasteiger charge is 2.15. The van der Waals surface area contributed by atoms with E-state index in [9.17, 15) is 9.59 Å². The zero-order chi connectivity index (χ0) is 25.3. The molecule has 1 heterocycles. The third-order valence-electron chi connectivity index (χ3n) is 4.93. The van der Waals surface area contributed by atoms with E-state index in [1.165, 1.54) is 25.7 Å². The molecule has 36 heavy (non-hydrogen) atoms. The fourth-order valence-corrected chi connectivity index (χ4v) is 3.20. The number of hydrogen-bond donors (Lipinski definition) is 1. The van der Waals surface area contributed by atoms with Gasteiger partial charge in [-0.2, -0.15) is 5.10 Å². The van der Waals surface area contributed by atoms with Crippen molar-refractivity contribution in [3.63, 3.8) is 0 Å². The molecule has 3 aromatic carbocycles. The standard InChI is InChI=1S/C27H21ClN2O6/c1-33-25-15-19(6-13-23(25)36-27(32)24-3-2-14-34-24)16-29-30-26(31)20-7-11-22(12-8-20)35-17-18-4-9-21(28)10-5-18/h2-16H,17H2,1H3,(H,30,31)/b29-16-. The van der Waals surface area contributed by atoms with Gasteiger partial charge in [0.15, 0.2) is 11.5 Å². The number of carbonyl (C=O) groups excluding carboxylic acids is 2. The van der Waals surface area contributed by atoms with Crippen molar-refractivity contribution in [2.75, 3.05) is 7.11 Å². The van der Waals surface area contributed by atoms with Crippen LogP contribution >= 0.6 is 11.6 Å². The second-order valence-electron chi connectivity index (χ2n) is 7.42. The molecule has 9 heteroatoms. The normalized spacial score (nSPS) is 10.7. The number of nitrogens with one attached hydrogen (secondary N) is 1. The van der Waals surface area contributed by atoms with Gasteiger partial charge in [-0.15, -0.1) is 0 Å². The lowest BCUT2D eigenvalue weighted by Crippen LogP contribution is -2.17. The summed E-state index contributed by atoms with van der Waals surface area (Å²) >= 11 is 5.89. The van der Waals surface area contributed by atoms with Crippen molar-refractivity contribution in [3.8, 4) is 17.2 Å². The maximum Gasteiger partial charge on any atom is 0.379 e. The van der Waals surface area contributed by atoms with E-state index in [4.69, 9.17) is 30.2 Å². The summed E-state index contributed by atoms with van der Waals surface area (Å²) in [5.74, 6) is 0.217. The van der Waals surface area contributed by atoms with E-state index in [1.807, 2.05) is 12.1 Å². The van der Waals surface area contributed by atoms with Crippen molar-refractivity contribution < 1.29 is 28.2 Å². The summed E-state index contributed by atoms with van der Waals surface area (Å²) in [7, 11) is 1.45. The highest BCUT2D eigenvalue weighted by Crippen LogP contribution is 2.28. The van der Waals surface area contributed by atoms with Crippen LogP contribution in [0.4, 0.5) is 0 Å². The van der Waals surface area contributed by atoms with Crippen LogP contribution in [0.15, 0.2) is 94.6 Å². The van der Waals surface area contributed by atoms with Gasteiger partial charge in [-0.05, 0) is 77.9 Å². The molecule has 0 saturated heterocycles. The molecule has 0 aliphatic carbocycles. The second-order valence-corrected chi connectivity index (χ2v) is 7.85. The Hall–Kier alpha value is -4.56. The number of hydrogen-bond acceptors (Lipinski definition) is 7. The van der Waals surface area contributed by atoms with Gasteiger partial charge < -0.3 is 18.6 Å². The molecule has 0 aliphatic rings. The summed E-state index contributed by atoms with van der Waals surface area (Å²) in [5.41, 5.74) is 4.50. The molecule has 1 aromatic heterocycles. The number of carbonyl (C=O) groups is 2.